The standard InChI is InChI=1S/C15H14F3IN2O2/c16-15(17,18)14(23)11-3-1-2-4-12(11)20-21(14)13(22)9-5-7-10(19)8-6-9/h5-8,11,23H,1-4H2/t11-,14+/m1/s1. The number of benzene rings is 1. The van der Waals surface area contributed by atoms with Crippen LogP contribution in [0.1, 0.15) is 36.0 Å². The molecule has 23 heavy (non-hydrogen) atoms. The maximum atomic E-state index is 13.6. The summed E-state index contributed by atoms with van der Waals surface area (Å²) in [7, 11) is 0. The summed E-state index contributed by atoms with van der Waals surface area (Å²) >= 11 is 2.03. The van der Waals surface area contributed by atoms with E-state index in [9.17, 15) is 23.1 Å². The highest BCUT2D eigenvalue weighted by molar-refractivity contribution is 14.1. The van der Waals surface area contributed by atoms with Crippen LogP contribution in [-0.2, 0) is 0 Å². The minimum absolute atomic E-state index is 0.0658. The molecule has 0 spiro atoms. The Morgan fingerprint density at radius 2 is 1.96 bits per heavy atom. The van der Waals surface area contributed by atoms with Crippen molar-refractivity contribution in [1.82, 2.24) is 5.01 Å². The van der Waals surface area contributed by atoms with Crippen molar-refractivity contribution in [2.75, 3.05) is 0 Å². The zero-order valence-electron chi connectivity index (χ0n) is 12.0. The van der Waals surface area contributed by atoms with Gasteiger partial charge < -0.3 is 5.11 Å². The van der Waals surface area contributed by atoms with E-state index in [2.05, 4.69) is 5.10 Å². The van der Waals surface area contributed by atoms with Gasteiger partial charge in [0.1, 0.15) is 0 Å². The number of hydrogen-bond donors (Lipinski definition) is 1. The summed E-state index contributed by atoms with van der Waals surface area (Å²) in [5.41, 5.74) is -2.94. The van der Waals surface area contributed by atoms with E-state index in [0.717, 1.165) is 9.99 Å². The van der Waals surface area contributed by atoms with Crippen LogP contribution >= 0.6 is 22.6 Å². The molecule has 0 radical (unpaired) electrons. The average Bonchev–Trinajstić information content (AvgIpc) is 2.82. The van der Waals surface area contributed by atoms with Crippen LogP contribution in [-0.4, -0.2) is 33.6 Å². The molecule has 0 aromatic heterocycles. The summed E-state index contributed by atoms with van der Waals surface area (Å²) in [5, 5.41) is 14.5. The maximum absolute atomic E-state index is 13.6. The van der Waals surface area contributed by atoms with Crippen molar-refractivity contribution in [3.8, 4) is 0 Å². The molecule has 1 aliphatic carbocycles. The van der Waals surface area contributed by atoms with Gasteiger partial charge in [-0.3, -0.25) is 4.79 Å². The van der Waals surface area contributed by atoms with Crippen molar-refractivity contribution < 1.29 is 23.1 Å². The van der Waals surface area contributed by atoms with Crippen LogP contribution in [0.4, 0.5) is 13.2 Å². The van der Waals surface area contributed by atoms with E-state index in [4.69, 9.17) is 0 Å². The zero-order chi connectivity index (χ0) is 16.8. The molecule has 1 amide bonds. The highest BCUT2D eigenvalue weighted by Gasteiger charge is 2.68. The van der Waals surface area contributed by atoms with Crippen LogP contribution in [0.25, 0.3) is 0 Å². The molecule has 1 saturated carbocycles. The molecule has 1 aliphatic heterocycles. The van der Waals surface area contributed by atoms with Crippen LogP contribution in [0.15, 0.2) is 29.4 Å². The van der Waals surface area contributed by atoms with Gasteiger partial charge in [0, 0.05) is 14.8 Å². The van der Waals surface area contributed by atoms with E-state index in [0.29, 0.717) is 12.8 Å². The fraction of sp³-hybridized carbons (Fsp3) is 0.467. The Balaban J connectivity index is 2.03. The van der Waals surface area contributed by atoms with Gasteiger partial charge in [-0.15, -0.1) is 0 Å². The van der Waals surface area contributed by atoms with Gasteiger partial charge in [-0.2, -0.15) is 23.3 Å². The van der Waals surface area contributed by atoms with Gasteiger partial charge in [0.2, 0.25) is 0 Å². The quantitative estimate of drug-likeness (QED) is 0.683. The third-order valence-electron chi connectivity index (χ3n) is 4.32. The molecular formula is C15H14F3IN2O2. The highest BCUT2D eigenvalue weighted by atomic mass is 127. The molecule has 0 bridgehead atoms. The molecule has 2 atom stereocenters. The summed E-state index contributed by atoms with van der Waals surface area (Å²) in [4.78, 5) is 12.5. The molecule has 4 nitrogen and oxygen atoms in total. The first-order chi connectivity index (χ1) is 10.7. The van der Waals surface area contributed by atoms with Crippen LogP contribution in [0.2, 0.25) is 0 Å². The summed E-state index contributed by atoms with van der Waals surface area (Å²) in [6, 6.07) is 6.11. The van der Waals surface area contributed by atoms with Gasteiger partial charge >= 0.3 is 6.18 Å². The number of hydrogen-bond acceptors (Lipinski definition) is 3. The van der Waals surface area contributed by atoms with Gasteiger partial charge in [0.05, 0.1) is 5.92 Å². The smallest absolute Gasteiger partial charge is 0.362 e. The number of nitrogens with zero attached hydrogens (tertiary/aromatic N) is 2. The number of aliphatic hydroxyl groups is 1. The molecule has 1 aromatic carbocycles. The van der Waals surface area contributed by atoms with Gasteiger partial charge in [-0.05, 0) is 66.1 Å². The molecule has 1 N–H and O–H groups in total. The molecule has 1 fully saturated rings. The fourth-order valence-electron chi connectivity index (χ4n) is 3.13. The number of hydrazone groups is 1. The molecule has 0 saturated heterocycles. The summed E-state index contributed by atoms with van der Waals surface area (Å²) in [5.74, 6) is -2.12. The van der Waals surface area contributed by atoms with Crippen molar-refractivity contribution in [1.29, 1.82) is 0 Å². The number of fused-ring (bicyclic) bond motifs is 1. The number of rotatable bonds is 1. The molecular weight excluding hydrogens is 424 g/mol. The normalized spacial score (nSPS) is 27.6. The molecule has 3 rings (SSSR count). The Morgan fingerprint density at radius 1 is 1.30 bits per heavy atom. The summed E-state index contributed by atoms with van der Waals surface area (Å²) in [6.45, 7) is 0. The molecule has 0 unspecified atom stereocenters. The van der Waals surface area contributed by atoms with Gasteiger partial charge in [0.25, 0.3) is 11.6 Å². The fourth-order valence-corrected chi connectivity index (χ4v) is 3.49. The summed E-state index contributed by atoms with van der Waals surface area (Å²) in [6.07, 6.45) is -3.13. The predicted octanol–water partition coefficient (Wildman–Crippen LogP) is 3.54. The third-order valence-corrected chi connectivity index (χ3v) is 5.04. The minimum Gasteiger partial charge on any atom is -0.362 e. The number of carbonyl (C=O) groups excluding carboxylic acids is 1. The average molecular weight is 438 g/mol. The Morgan fingerprint density at radius 3 is 2.57 bits per heavy atom. The molecule has 1 heterocycles. The Labute approximate surface area is 144 Å². The zero-order valence-corrected chi connectivity index (χ0v) is 14.1. The second-order valence-electron chi connectivity index (χ2n) is 5.74. The lowest BCUT2D eigenvalue weighted by Crippen LogP contribution is -2.61. The SMILES string of the molecule is O=C(c1ccc(I)cc1)N1N=C2CCCC[C@H]2[C@]1(O)C(F)(F)F. The van der Waals surface area contributed by atoms with E-state index < -0.39 is 23.7 Å². The highest BCUT2D eigenvalue weighted by Crippen LogP contribution is 2.48. The second kappa shape index (κ2) is 5.73. The van der Waals surface area contributed by atoms with E-state index in [-0.39, 0.29) is 22.7 Å². The lowest BCUT2D eigenvalue weighted by Gasteiger charge is -2.38. The van der Waals surface area contributed by atoms with Crippen molar-refractivity contribution >= 4 is 34.2 Å². The van der Waals surface area contributed by atoms with Crippen LogP contribution in [0, 0.1) is 9.49 Å². The van der Waals surface area contributed by atoms with Gasteiger partial charge in [-0.25, -0.2) is 0 Å². The predicted molar refractivity (Wildman–Crippen MR) is 85.7 cm³/mol. The van der Waals surface area contributed by atoms with Crippen molar-refractivity contribution in [3.05, 3.63) is 33.4 Å². The maximum Gasteiger partial charge on any atom is 0.439 e. The van der Waals surface area contributed by atoms with Crippen LogP contribution in [0.3, 0.4) is 0 Å². The topological polar surface area (TPSA) is 52.9 Å². The third kappa shape index (κ3) is 2.65. The molecule has 124 valence electrons. The van der Waals surface area contributed by atoms with Gasteiger partial charge in [0.15, 0.2) is 0 Å². The number of amides is 1. The summed E-state index contributed by atoms with van der Waals surface area (Å²) < 4.78 is 41.6. The van der Waals surface area contributed by atoms with Crippen molar-refractivity contribution in [2.24, 2.45) is 11.0 Å². The Kier molecular flexibility index (Phi) is 4.16. The minimum atomic E-state index is -4.97. The van der Waals surface area contributed by atoms with E-state index in [1.165, 1.54) is 12.1 Å². The lowest BCUT2D eigenvalue weighted by molar-refractivity contribution is -0.312. The van der Waals surface area contributed by atoms with E-state index in [1.807, 2.05) is 22.6 Å². The van der Waals surface area contributed by atoms with Crippen LogP contribution < -0.4 is 0 Å². The monoisotopic (exact) mass is 438 g/mol. The van der Waals surface area contributed by atoms with Crippen LogP contribution in [0.5, 0.6) is 0 Å². The Bertz CT molecular complexity index is 660. The first kappa shape index (κ1) is 16.7. The van der Waals surface area contributed by atoms with Gasteiger partial charge in [-0.1, -0.05) is 6.42 Å². The number of halogens is 4. The molecule has 2 aliphatic rings. The Hall–Kier alpha value is -1.16. The number of carbonyl (C=O) groups is 1. The lowest BCUT2D eigenvalue weighted by atomic mass is 9.80. The molecule has 8 heteroatoms. The first-order valence-electron chi connectivity index (χ1n) is 7.21. The second-order valence-corrected chi connectivity index (χ2v) is 6.98. The van der Waals surface area contributed by atoms with E-state index in [1.54, 1.807) is 12.1 Å². The first-order valence-corrected chi connectivity index (χ1v) is 8.29. The number of alkyl halides is 3. The van der Waals surface area contributed by atoms with Crippen molar-refractivity contribution in [3.63, 3.8) is 0 Å². The largest absolute Gasteiger partial charge is 0.439 e. The van der Waals surface area contributed by atoms with E-state index >= 15 is 0 Å². The molecule has 1 aromatic rings. The van der Waals surface area contributed by atoms with Crippen molar-refractivity contribution in [2.45, 2.75) is 37.6 Å².